The van der Waals surface area contributed by atoms with Crippen LogP contribution in [0.15, 0.2) is 48.5 Å². The molecule has 0 atom stereocenters. The summed E-state index contributed by atoms with van der Waals surface area (Å²) in [5, 5.41) is 13.2. The van der Waals surface area contributed by atoms with Crippen molar-refractivity contribution >= 4 is 5.97 Å². The number of benzene rings is 2. The average Bonchev–Trinajstić information content (AvgIpc) is 2.92. The molecule has 5 nitrogen and oxygen atoms in total. The Hall–Kier alpha value is -3.39. The molecule has 0 unspecified atom stereocenters. The van der Waals surface area contributed by atoms with Gasteiger partial charge in [-0.2, -0.15) is 10.4 Å². The highest BCUT2D eigenvalue weighted by Crippen LogP contribution is 2.23. The maximum atomic E-state index is 12.2. The van der Waals surface area contributed by atoms with Gasteiger partial charge in [-0.1, -0.05) is 24.3 Å². The Kier molecular flexibility index (Phi) is 5.37. The summed E-state index contributed by atoms with van der Waals surface area (Å²) in [6.07, 6.45) is 0.929. The Morgan fingerprint density at radius 2 is 1.67 bits per heavy atom. The van der Waals surface area contributed by atoms with Crippen LogP contribution >= 0.6 is 0 Å². The molecule has 1 heterocycles. The van der Waals surface area contributed by atoms with Gasteiger partial charge in [0.1, 0.15) is 5.75 Å². The summed E-state index contributed by atoms with van der Waals surface area (Å²) in [5.74, 6) is 0.265. The van der Waals surface area contributed by atoms with Crippen molar-refractivity contribution in [1.82, 2.24) is 9.78 Å². The normalized spacial score (nSPS) is 10.4. The number of aromatic nitrogens is 2. The fraction of sp³-hybridized carbons (Fsp3) is 0.227. The van der Waals surface area contributed by atoms with Gasteiger partial charge in [0, 0.05) is 12.7 Å². The molecule has 136 valence electrons. The van der Waals surface area contributed by atoms with Gasteiger partial charge in [-0.3, -0.25) is 9.48 Å². The van der Waals surface area contributed by atoms with Crippen LogP contribution in [0.1, 0.15) is 28.9 Å². The van der Waals surface area contributed by atoms with Crippen molar-refractivity contribution in [1.29, 1.82) is 5.26 Å². The van der Waals surface area contributed by atoms with E-state index in [1.165, 1.54) is 0 Å². The summed E-state index contributed by atoms with van der Waals surface area (Å²) in [4.78, 5) is 12.2. The van der Waals surface area contributed by atoms with E-state index in [1.54, 1.807) is 24.3 Å². The highest BCUT2D eigenvalue weighted by atomic mass is 16.5. The summed E-state index contributed by atoms with van der Waals surface area (Å²) in [6.45, 7) is 3.96. The molecule has 0 N–H and O–H groups in total. The van der Waals surface area contributed by atoms with Gasteiger partial charge >= 0.3 is 5.97 Å². The SMILES string of the molecule is Cc1nn(C)c(C)c1CCC(=O)Oc1ccc(-c2ccc(C#N)cc2)cc1. The highest BCUT2D eigenvalue weighted by Gasteiger charge is 2.12. The van der Waals surface area contributed by atoms with Crippen LogP contribution in [0, 0.1) is 25.2 Å². The summed E-state index contributed by atoms with van der Waals surface area (Å²) in [6, 6.07) is 16.8. The second-order valence-corrected chi connectivity index (χ2v) is 6.46. The zero-order valence-corrected chi connectivity index (χ0v) is 15.7. The average molecular weight is 359 g/mol. The molecule has 3 rings (SSSR count). The van der Waals surface area contributed by atoms with E-state index < -0.39 is 0 Å². The third kappa shape index (κ3) is 4.24. The van der Waals surface area contributed by atoms with Crippen LogP contribution in [-0.2, 0) is 18.3 Å². The van der Waals surface area contributed by atoms with Crippen molar-refractivity contribution in [2.75, 3.05) is 0 Å². The highest BCUT2D eigenvalue weighted by molar-refractivity contribution is 5.73. The smallest absolute Gasteiger partial charge is 0.311 e. The minimum Gasteiger partial charge on any atom is -0.427 e. The zero-order valence-electron chi connectivity index (χ0n) is 15.7. The van der Waals surface area contributed by atoms with E-state index in [9.17, 15) is 4.79 Å². The number of carbonyl (C=O) groups is 1. The Bertz CT molecular complexity index is 994. The van der Waals surface area contributed by atoms with Crippen LogP contribution in [0.25, 0.3) is 11.1 Å². The molecule has 0 fully saturated rings. The van der Waals surface area contributed by atoms with Gasteiger partial charge in [-0.25, -0.2) is 0 Å². The minimum absolute atomic E-state index is 0.260. The van der Waals surface area contributed by atoms with E-state index in [0.29, 0.717) is 24.2 Å². The summed E-state index contributed by atoms with van der Waals surface area (Å²) in [7, 11) is 1.90. The molecule has 2 aromatic carbocycles. The van der Waals surface area contributed by atoms with Crippen molar-refractivity contribution in [2.45, 2.75) is 26.7 Å². The number of aryl methyl sites for hydroxylation is 2. The number of hydrogen-bond acceptors (Lipinski definition) is 4. The first kappa shape index (κ1) is 18.4. The molecule has 0 bridgehead atoms. The predicted molar refractivity (Wildman–Crippen MR) is 103 cm³/mol. The molecule has 0 radical (unpaired) electrons. The van der Waals surface area contributed by atoms with Crippen LogP contribution in [0.2, 0.25) is 0 Å². The molecule has 0 saturated heterocycles. The number of hydrogen-bond donors (Lipinski definition) is 0. The molecular weight excluding hydrogens is 338 g/mol. The van der Waals surface area contributed by atoms with Crippen LogP contribution in [0.5, 0.6) is 5.75 Å². The van der Waals surface area contributed by atoms with Gasteiger partial charge in [0.05, 0.1) is 23.7 Å². The number of nitriles is 1. The summed E-state index contributed by atoms with van der Waals surface area (Å²) < 4.78 is 7.27. The van der Waals surface area contributed by atoms with Gasteiger partial charge in [0.15, 0.2) is 0 Å². The van der Waals surface area contributed by atoms with E-state index in [4.69, 9.17) is 10.00 Å². The van der Waals surface area contributed by atoms with E-state index in [2.05, 4.69) is 11.2 Å². The molecule has 0 aliphatic rings. The maximum absolute atomic E-state index is 12.2. The molecule has 0 spiro atoms. The lowest BCUT2D eigenvalue weighted by atomic mass is 10.0. The van der Waals surface area contributed by atoms with Crippen LogP contribution < -0.4 is 4.74 Å². The Morgan fingerprint density at radius 3 is 2.19 bits per heavy atom. The maximum Gasteiger partial charge on any atom is 0.311 e. The lowest BCUT2D eigenvalue weighted by Crippen LogP contribution is -2.09. The minimum atomic E-state index is -0.260. The number of esters is 1. The molecule has 27 heavy (non-hydrogen) atoms. The molecule has 0 amide bonds. The number of carbonyl (C=O) groups excluding carboxylic acids is 1. The number of ether oxygens (including phenoxy) is 1. The van der Waals surface area contributed by atoms with Crippen LogP contribution in [-0.4, -0.2) is 15.7 Å². The van der Waals surface area contributed by atoms with E-state index in [0.717, 1.165) is 28.1 Å². The first-order chi connectivity index (χ1) is 13.0. The number of nitrogens with zero attached hydrogens (tertiary/aromatic N) is 3. The van der Waals surface area contributed by atoms with Gasteiger partial charge in [0.25, 0.3) is 0 Å². The van der Waals surface area contributed by atoms with Crippen molar-refractivity contribution in [3.8, 4) is 22.9 Å². The lowest BCUT2D eigenvalue weighted by Gasteiger charge is -2.07. The van der Waals surface area contributed by atoms with Gasteiger partial charge in [0.2, 0.25) is 0 Å². The molecule has 1 aromatic heterocycles. The first-order valence-corrected chi connectivity index (χ1v) is 8.78. The van der Waals surface area contributed by atoms with Gasteiger partial charge in [-0.05, 0) is 61.2 Å². The number of rotatable bonds is 5. The van der Waals surface area contributed by atoms with E-state index in [-0.39, 0.29) is 5.97 Å². The summed E-state index contributed by atoms with van der Waals surface area (Å²) >= 11 is 0. The fourth-order valence-electron chi connectivity index (χ4n) is 3.04. The van der Waals surface area contributed by atoms with Gasteiger partial charge in [-0.15, -0.1) is 0 Å². The molecular formula is C22H21N3O2. The van der Waals surface area contributed by atoms with Crippen molar-refractivity contribution in [3.05, 3.63) is 71.0 Å². The first-order valence-electron chi connectivity index (χ1n) is 8.78. The van der Waals surface area contributed by atoms with Crippen molar-refractivity contribution < 1.29 is 9.53 Å². The molecule has 0 aliphatic heterocycles. The second-order valence-electron chi connectivity index (χ2n) is 6.46. The van der Waals surface area contributed by atoms with E-state index >= 15 is 0 Å². The molecule has 3 aromatic rings. The topological polar surface area (TPSA) is 67.9 Å². The van der Waals surface area contributed by atoms with E-state index in [1.807, 2.05) is 49.8 Å². The Morgan fingerprint density at radius 1 is 1.07 bits per heavy atom. The quantitative estimate of drug-likeness (QED) is 0.508. The predicted octanol–water partition coefficient (Wildman–Crippen LogP) is 4.11. The fourth-order valence-corrected chi connectivity index (χ4v) is 3.04. The Labute approximate surface area is 158 Å². The third-order valence-electron chi connectivity index (χ3n) is 4.67. The monoisotopic (exact) mass is 359 g/mol. The van der Waals surface area contributed by atoms with Crippen molar-refractivity contribution in [3.63, 3.8) is 0 Å². The van der Waals surface area contributed by atoms with Crippen LogP contribution in [0.4, 0.5) is 0 Å². The van der Waals surface area contributed by atoms with Crippen LogP contribution in [0.3, 0.4) is 0 Å². The second kappa shape index (κ2) is 7.88. The lowest BCUT2D eigenvalue weighted by molar-refractivity contribution is -0.134. The molecule has 0 aliphatic carbocycles. The largest absolute Gasteiger partial charge is 0.427 e. The molecule has 5 heteroatoms. The van der Waals surface area contributed by atoms with Crippen molar-refractivity contribution in [2.24, 2.45) is 7.05 Å². The Balaban J connectivity index is 1.60. The standard InChI is InChI=1S/C22H21N3O2/c1-15-21(16(2)25(3)24-15)12-13-22(26)27-20-10-8-19(9-11-20)18-6-4-17(14-23)5-7-18/h4-11H,12-13H2,1-3H3. The summed E-state index contributed by atoms with van der Waals surface area (Å²) in [5.41, 5.74) is 5.77. The third-order valence-corrected chi connectivity index (χ3v) is 4.67. The molecule has 0 saturated carbocycles. The zero-order chi connectivity index (χ0) is 19.4. The van der Waals surface area contributed by atoms with Gasteiger partial charge < -0.3 is 4.74 Å².